The molecular weight excluding hydrogens is 439 g/mol. The third-order valence-corrected chi connectivity index (χ3v) is 4.79. The molecule has 0 aliphatic heterocycles. The van der Waals surface area contributed by atoms with E-state index in [0.717, 1.165) is 6.08 Å². The van der Waals surface area contributed by atoms with E-state index in [4.69, 9.17) is 9.47 Å². The highest BCUT2D eigenvalue weighted by atomic mass is 19.1. The molecular formula is C25H17FN4O4. The van der Waals surface area contributed by atoms with Gasteiger partial charge in [-0.05, 0) is 42.5 Å². The third-order valence-electron chi connectivity index (χ3n) is 4.79. The minimum atomic E-state index is -0.776. The summed E-state index contributed by atoms with van der Waals surface area (Å²) in [5, 5.41) is 12.2. The van der Waals surface area contributed by atoms with Crippen molar-refractivity contribution >= 4 is 23.3 Å². The first-order chi connectivity index (χ1) is 16.5. The molecule has 2 aromatic carbocycles. The molecule has 0 saturated heterocycles. The van der Waals surface area contributed by atoms with Crippen LogP contribution >= 0.6 is 0 Å². The Balaban J connectivity index is 1.82. The summed E-state index contributed by atoms with van der Waals surface area (Å²) >= 11 is 0. The van der Waals surface area contributed by atoms with Crippen molar-refractivity contribution in [2.75, 3.05) is 12.4 Å². The predicted octanol–water partition coefficient (Wildman–Crippen LogP) is 4.18. The second-order valence-corrected chi connectivity index (χ2v) is 6.92. The van der Waals surface area contributed by atoms with Gasteiger partial charge in [0.1, 0.15) is 28.6 Å². The number of ether oxygens (including phenoxy) is 2. The summed E-state index contributed by atoms with van der Waals surface area (Å²) < 4.78 is 26.3. The molecule has 0 aliphatic rings. The number of hydrogen-bond acceptors (Lipinski definition) is 6. The van der Waals surface area contributed by atoms with Crippen molar-refractivity contribution in [2.24, 2.45) is 0 Å². The van der Waals surface area contributed by atoms with Gasteiger partial charge < -0.3 is 14.8 Å². The Hall–Kier alpha value is -4.97. The molecule has 9 heteroatoms. The van der Waals surface area contributed by atoms with Crippen LogP contribution in [0, 0.1) is 17.1 Å². The second-order valence-electron chi connectivity index (χ2n) is 6.92. The van der Waals surface area contributed by atoms with E-state index in [9.17, 15) is 19.2 Å². The van der Waals surface area contributed by atoms with Crippen LogP contribution in [0.4, 0.5) is 10.1 Å². The number of amides is 1. The zero-order chi connectivity index (χ0) is 24.1. The predicted molar refractivity (Wildman–Crippen MR) is 123 cm³/mol. The minimum Gasteiger partial charge on any atom is -0.495 e. The number of pyridine rings is 1. The van der Waals surface area contributed by atoms with Gasteiger partial charge >= 0.3 is 0 Å². The zero-order valence-corrected chi connectivity index (χ0v) is 17.9. The maximum Gasteiger partial charge on any atom is 0.269 e. The van der Waals surface area contributed by atoms with E-state index < -0.39 is 17.3 Å². The number of methoxy groups -OCH3 is 1. The number of carbonyl (C=O) groups is 1. The molecule has 168 valence electrons. The van der Waals surface area contributed by atoms with E-state index in [0.29, 0.717) is 11.4 Å². The van der Waals surface area contributed by atoms with Crippen molar-refractivity contribution in [2.45, 2.75) is 0 Å². The normalized spacial score (nSPS) is 11.0. The van der Waals surface area contributed by atoms with Gasteiger partial charge in [-0.25, -0.2) is 4.39 Å². The van der Waals surface area contributed by atoms with Crippen molar-refractivity contribution in [3.8, 4) is 23.4 Å². The van der Waals surface area contributed by atoms with Gasteiger partial charge in [0.2, 0.25) is 5.88 Å². The van der Waals surface area contributed by atoms with Crippen LogP contribution < -0.4 is 20.3 Å². The standard InChI is InChI=1S/C25H17FN4O4/c1-33-21-11-5-3-9-19(21)28-23(31)16(15-27)14-17-24(34-20-10-4-2-8-18(20)26)29-22-12-6-7-13-30(22)25(17)32/h2-14H,1H3,(H,28,31)/b16-14-. The van der Waals surface area contributed by atoms with Crippen molar-refractivity contribution < 1.29 is 18.7 Å². The van der Waals surface area contributed by atoms with Crippen molar-refractivity contribution in [1.82, 2.24) is 9.38 Å². The average Bonchev–Trinajstić information content (AvgIpc) is 2.85. The first-order valence-electron chi connectivity index (χ1n) is 10.0. The van der Waals surface area contributed by atoms with Crippen LogP contribution in [0.3, 0.4) is 0 Å². The lowest BCUT2D eigenvalue weighted by molar-refractivity contribution is -0.112. The molecule has 1 amide bonds. The highest BCUT2D eigenvalue weighted by Gasteiger charge is 2.19. The molecule has 0 aliphatic carbocycles. The Bertz CT molecular complexity index is 1520. The Morgan fingerprint density at radius 3 is 2.53 bits per heavy atom. The van der Waals surface area contributed by atoms with Gasteiger partial charge in [-0.15, -0.1) is 0 Å². The van der Waals surface area contributed by atoms with Crippen LogP contribution in [0.2, 0.25) is 0 Å². The molecule has 8 nitrogen and oxygen atoms in total. The number of fused-ring (bicyclic) bond motifs is 1. The molecule has 4 aromatic rings. The summed E-state index contributed by atoms with van der Waals surface area (Å²) in [6.07, 6.45) is 2.55. The number of nitriles is 1. The van der Waals surface area contributed by atoms with Crippen LogP contribution in [0.25, 0.3) is 11.7 Å². The van der Waals surface area contributed by atoms with E-state index in [1.54, 1.807) is 54.6 Å². The van der Waals surface area contributed by atoms with E-state index in [2.05, 4.69) is 10.3 Å². The second kappa shape index (κ2) is 9.67. The molecule has 34 heavy (non-hydrogen) atoms. The number of rotatable bonds is 6. The van der Waals surface area contributed by atoms with Gasteiger partial charge in [-0.1, -0.05) is 30.3 Å². The topological polar surface area (TPSA) is 106 Å². The summed E-state index contributed by atoms with van der Waals surface area (Å²) in [6.45, 7) is 0. The molecule has 0 saturated carbocycles. The molecule has 0 unspecified atom stereocenters. The van der Waals surface area contributed by atoms with Gasteiger partial charge in [0.25, 0.3) is 11.5 Å². The maximum atomic E-state index is 14.2. The van der Waals surface area contributed by atoms with E-state index in [1.807, 2.05) is 0 Å². The van der Waals surface area contributed by atoms with E-state index in [-0.39, 0.29) is 28.4 Å². The highest BCUT2D eigenvalue weighted by Crippen LogP contribution is 2.27. The fourth-order valence-electron chi connectivity index (χ4n) is 3.15. The number of hydrogen-bond donors (Lipinski definition) is 1. The molecule has 0 bridgehead atoms. The Morgan fingerprint density at radius 1 is 1.09 bits per heavy atom. The van der Waals surface area contributed by atoms with E-state index >= 15 is 0 Å². The summed E-state index contributed by atoms with van der Waals surface area (Å²) in [5.41, 5.74) is -0.604. The lowest BCUT2D eigenvalue weighted by atomic mass is 10.1. The molecule has 0 radical (unpaired) electrons. The van der Waals surface area contributed by atoms with Gasteiger partial charge in [0, 0.05) is 6.20 Å². The van der Waals surface area contributed by atoms with Gasteiger partial charge in [-0.2, -0.15) is 10.2 Å². The van der Waals surface area contributed by atoms with Crippen molar-refractivity contribution in [3.63, 3.8) is 0 Å². The fraction of sp³-hybridized carbons (Fsp3) is 0.0400. The zero-order valence-electron chi connectivity index (χ0n) is 17.9. The van der Waals surface area contributed by atoms with Crippen LogP contribution in [-0.4, -0.2) is 22.4 Å². The van der Waals surface area contributed by atoms with Crippen LogP contribution in [0.5, 0.6) is 17.4 Å². The van der Waals surface area contributed by atoms with Gasteiger partial charge in [0.05, 0.1) is 12.8 Å². The largest absolute Gasteiger partial charge is 0.495 e. The van der Waals surface area contributed by atoms with Crippen molar-refractivity contribution in [3.05, 3.63) is 100 Å². The number of carbonyl (C=O) groups excluding carboxylic acids is 1. The number of nitrogens with one attached hydrogen (secondary N) is 1. The van der Waals surface area contributed by atoms with Gasteiger partial charge in [0.15, 0.2) is 11.6 Å². The Labute approximate surface area is 193 Å². The Morgan fingerprint density at radius 2 is 1.79 bits per heavy atom. The number of benzene rings is 2. The summed E-state index contributed by atoms with van der Waals surface area (Å²) in [6, 6.07) is 18.9. The molecule has 4 rings (SSSR count). The maximum absolute atomic E-state index is 14.2. The number of aromatic nitrogens is 2. The molecule has 2 heterocycles. The molecule has 0 fully saturated rings. The summed E-state index contributed by atoms with van der Waals surface area (Å²) in [4.78, 5) is 30.3. The number of anilines is 1. The quantitative estimate of drug-likeness (QED) is 0.345. The monoisotopic (exact) mass is 456 g/mol. The molecule has 2 aromatic heterocycles. The van der Waals surface area contributed by atoms with Crippen molar-refractivity contribution in [1.29, 1.82) is 5.26 Å². The van der Waals surface area contributed by atoms with Gasteiger partial charge in [-0.3, -0.25) is 14.0 Å². The smallest absolute Gasteiger partial charge is 0.269 e. The fourth-order valence-corrected chi connectivity index (χ4v) is 3.15. The van der Waals surface area contributed by atoms with Crippen LogP contribution in [-0.2, 0) is 4.79 Å². The lowest BCUT2D eigenvalue weighted by Crippen LogP contribution is -2.20. The number of para-hydroxylation sites is 3. The van der Waals surface area contributed by atoms with E-state index in [1.165, 1.54) is 35.9 Å². The van der Waals surface area contributed by atoms with Crippen LogP contribution in [0.15, 0.2) is 83.3 Å². The third kappa shape index (κ3) is 4.47. The first-order valence-corrected chi connectivity index (χ1v) is 10.0. The Kier molecular flexibility index (Phi) is 6.32. The lowest BCUT2D eigenvalue weighted by Gasteiger charge is -2.11. The SMILES string of the molecule is COc1ccccc1NC(=O)/C(C#N)=C\c1c(Oc2ccccc2F)nc2ccccn2c1=O. The first kappa shape index (κ1) is 22.2. The van der Waals surface area contributed by atoms with Crippen LogP contribution in [0.1, 0.15) is 5.56 Å². The summed E-state index contributed by atoms with van der Waals surface area (Å²) in [5.74, 6) is -1.46. The molecule has 0 spiro atoms. The molecule has 1 N–H and O–H groups in total. The summed E-state index contributed by atoms with van der Waals surface area (Å²) in [7, 11) is 1.44. The average molecular weight is 456 g/mol. The molecule has 0 atom stereocenters. The number of nitrogens with zero attached hydrogens (tertiary/aromatic N) is 3. The minimum absolute atomic E-state index is 0.165. The highest BCUT2D eigenvalue weighted by molar-refractivity contribution is 6.10. The number of halogens is 1.